The van der Waals surface area contributed by atoms with Crippen LogP contribution < -0.4 is 10.1 Å². The number of nitrogens with zero attached hydrogens (tertiary/aromatic N) is 1. The van der Waals surface area contributed by atoms with Gasteiger partial charge in [-0.15, -0.1) is 0 Å². The van der Waals surface area contributed by atoms with Crippen molar-refractivity contribution in [2.24, 2.45) is 0 Å². The van der Waals surface area contributed by atoms with E-state index in [-0.39, 0.29) is 46.3 Å². The van der Waals surface area contributed by atoms with Crippen molar-refractivity contribution in [1.29, 1.82) is 0 Å². The number of amides is 1. The lowest BCUT2D eigenvalue weighted by Crippen LogP contribution is -2.31. The summed E-state index contributed by atoms with van der Waals surface area (Å²) >= 11 is 6.11. The average molecular weight is 501 g/mol. The van der Waals surface area contributed by atoms with Crippen molar-refractivity contribution < 1.29 is 22.7 Å². The summed E-state index contributed by atoms with van der Waals surface area (Å²) in [4.78, 5) is 26.0. The Bertz CT molecular complexity index is 1310. The first-order chi connectivity index (χ1) is 16.2. The molecule has 7 nitrogen and oxygen atoms in total. The Morgan fingerprint density at radius 1 is 0.941 bits per heavy atom. The molecular weight excluding hydrogens is 476 g/mol. The first-order valence-electron chi connectivity index (χ1n) is 10.6. The molecule has 9 heteroatoms. The minimum Gasteiger partial charge on any atom is -0.495 e. The molecule has 1 N–H and O–H groups in total. The van der Waals surface area contributed by atoms with Crippen molar-refractivity contribution in [3.8, 4) is 5.75 Å². The van der Waals surface area contributed by atoms with E-state index < -0.39 is 15.9 Å². The molecule has 0 aliphatic heterocycles. The number of sulfonamides is 1. The second kappa shape index (κ2) is 10.8. The Hall–Kier alpha value is -3.20. The van der Waals surface area contributed by atoms with Crippen molar-refractivity contribution in [2.45, 2.75) is 18.7 Å². The van der Waals surface area contributed by atoms with Crippen LogP contribution in [0.4, 0.5) is 5.69 Å². The molecule has 0 bridgehead atoms. The van der Waals surface area contributed by atoms with E-state index in [0.29, 0.717) is 10.6 Å². The van der Waals surface area contributed by atoms with Crippen LogP contribution in [0.15, 0.2) is 71.6 Å². The number of rotatable bonds is 9. The molecule has 0 radical (unpaired) electrons. The van der Waals surface area contributed by atoms with E-state index in [2.05, 4.69) is 5.32 Å². The minimum atomic E-state index is -3.88. The van der Waals surface area contributed by atoms with Crippen LogP contribution in [0.1, 0.15) is 40.1 Å². The van der Waals surface area contributed by atoms with Crippen LogP contribution in [0, 0.1) is 0 Å². The van der Waals surface area contributed by atoms with Crippen molar-refractivity contribution in [2.75, 3.05) is 25.5 Å². The number of hydrogen-bond donors (Lipinski definition) is 1. The Kier molecular flexibility index (Phi) is 8.09. The monoisotopic (exact) mass is 500 g/mol. The summed E-state index contributed by atoms with van der Waals surface area (Å²) in [7, 11) is -2.51. The van der Waals surface area contributed by atoms with Crippen molar-refractivity contribution in [3.05, 3.63) is 88.4 Å². The SMILES string of the molecule is CCN(CC)S(=O)(=O)c1cc(C(=O)Nc2ccc(Cl)cc2C(=O)c2ccccc2)ccc1OC. The molecule has 34 heavy (non-hydrogen) atoms. The summed E-state index contributed by atoms with van der Waals surface area (Å²) in [6, 6.07) is 17.4. The third-order valence-corrected chi connectivity index (χ3v) is 7.57. The standard InChI is InChI=1S/C25H25ClN2O5S/c1-4-28(5-2)34(31,32)23-15-18(11-14-22(23)33-3)25(30)27-21-13-12-19(26)16-20(21)24(29)17-9-7-6-8-10-17/h6-16H,4-5H2,1-3H3,(H,27,30). The van der Waals surface area contributed by atoms with Crippen LogP contribution in [0.2, 0.25) is 5.02 Å². The molecule has 0 fully saturated rings. The Morgan fingerprint density at radius 3 is 2.24 bits per heavy atom. The number of benzene rings is 3. The van der Waals surface area contributed by atoms with Gasteiger partial charge in [0.1, 0.15) is 10.6 Å². The molecule has 0 saturated heterocycles. The van der Waals surface area contributed by atoms with Gasteiger partial charge in [-0.3, -0.25) is 9.59 Å². The number of anilines is 1. The summed E-state index contributed by atoms with van der Waals surface area (Å²) in [6.07, 6.45) is 0. The first-order valence-corrected chi connectivity index (χ1v) is 12.4. The Labute approximate surface area is 204 Å². The normalized spacial score (nSPS) is 11.3. The van der Waals surface area contributed by atoms with Crippen LogP contribution >= 0.6 is 11.6 Å². The summed E-state index contributed by atoms with van der Waals surface area (Å²) in [5.41, 5.74) is 1.01. The third-order valence-electron chi connectivity index (χ3n) is 5.26. The van der Waals surface area contributed by atoms with E-state index in [9.17, 15) is 18.0 Å². The molecule has 178 valence electrons. The van der Waals surface area contributed by atoms with Crippen LogP contribution in [0.25, 0.3) is 0 Å². The zero-order valence-corrected chi connectivity index (χ0v) is 20.6. The van der Waals surface area contributed by atoms with E-state index in [1.54, 1.807) is 50.2 Å². The number of hydrogen-bond acceptors (Lipinski definition) is 5. The van der Waals surface area contributed by atoms with Gasteiger partial charge < -0.3 is 10.1 Å². The third kappa shape index (κ3) is 5.30. The second-order valence-corrected chi connectivity index (χ2v) is 9.64. The molecule has 0 heterocycles. The summed E-state index contributed by atoms with van der Waals surface area (Å²) in [5.74, 6) is -0.754. The predicted octanol–water partition coefficient (Wildman–Crippen LogP) is 4.86. The maximum atomic E-state index is 13.1. The van der Waals surface area contributed by atoms with E-state index >= 15 is 0 Å². The highest BCUT2D eigenvalue weighted by Crippen LogP contribution is 2.29. The lowest BCUT2D eigenvalue weighted by molar-refractivity contribution is 0.102. The fourth-order valence-electron chi connectivity index (χ4n) is 3.47. The largest absolute Gasteiger partial charge is 0.495 e. The minimum absolute atomic E-state index is 0.0968. The van der Waals surface area contributed by atoms with E-state index in [1.165, 1.54) is 41.7 Å². The van der Waals surface area contributed by atoms with Gasteiger partial charge in [0, 0.05) is 34.8 Å². The van der Waals surface area contributed by atoms with Gasteiger partial charge in [0.25, 0.3) is 5.91 Å². The summed E-state index contributed by atoms with van der Waals surface area (Å²) in [5, 5.41) is 3.05. The second-order valence-electron chi connectivity index (χ2n) is 7.29. The lowest BCUT2D eigenvalue weighted by Gasteiger charge is -2.20. The smallest absolute Gasteiger partial charge is 0.255 e. The van der Waals surface area contributed by atoms with Gasteiger partial charge >= 0.3 is 0 Å². The van der Waals surface area contributed by atoms with Gasteiger partial charge in [0.15, 0.2) is 5.78 Å². The molecule has 3 aromatic rings. The lowest BCUT2D eigenvalue weighted by atomic mass is 10.0. The molecular formula is C25H25ClN2O5S. The molecule has 0 aliphatic rings. The molecule has 3 rings (SSSR count). The molecule has 0 spiro atoms. The van der Waals surface area contributed by atoms with Gasteiger partial charge in [0.05, 0.1) is 12.8 Å². The quantitative estimate of drug-likeness (QED) is 0.423. The Balaban J connectivity index is 1.99. The van der Waals surface area contributed by atoms with Gasteiger partial charge in [-0.1, -0.05) is 55.8 Å². The Morgan fingerprint density at radius 2 is 1.62 bits per heavy atom. The van der Waals surface area contributed by atoms with Crippen LogP contribution in [-0.2, 0) is 10.0 Å². The molecule has 3 aromatic carbocycles. The fourth-order valence-corrected chi connectivity index (χ4v) is 5.29. The highest BCUT2D eigenvalue weighted by molar-refractivity contribution is 7.89. The number of ketones is 1. The van der Waals surface area contributed by atoms with Gasteiger partial charge in [-0.2, -0.15) is 4.31 Å². The molecule has 0 unspecified atom stereocenters. The van der Waals surface area contributed by atoms with Crippen molar-refractivity contribution in [1.82, 2.24) is 4.31 Å². The summed E-state index contributed by atoms with van der Waals surface area (Å²) in [6.45, 7) is 4.01. The average Bonchev–Trinajstić information content (AvgIpc) is 2.85. The fraction of sp³-hybridized carbons (Fsp3) is 0.200. The first kappa shape index (κ1) is 25.4. The van der Waals surface area contributed by atoms with Crippen molar-refractivity contribution in [3.63, 3.8) is 0 Å². The number of carbonyl (C=O) groups is 2. The number of nitrogens with one attached hydrogen (secondary N) is 1. The molecule has 0 aromatic heterocycles. The number of carbonyl (C=O) groups excluding carboxylic acids is 2. The van der Waals surface area contributed by atoms with Crippen LogP contribution in [0.3, 0.4) is 0 Å². The predicted molar refractivity (Wildman–Crippen MR) is 132 cm³/mol. The molecule has 0 atom stereocenters. The number of halogens is 1. The number of ether oxygens (including phenoxy) is 1. The van der Waals surface area contributed by atoms with E-state index in [4.69, 9.17) is 16.3 Å². The highest BCUT2D eigenvalue weighted by atomic mass is 35.5. The maximum Gasteiger partial charge on any atom is 0.255 e. The molecule has 1 amide bonds. The highest BCUT2D eigenvalue weighted by Gasteiger charge is 2.27. The van der Waals surface area contributed by atoms with Crippen LogP contribution in [0.5, 0.6) is 5.75 Å². The maximum absolute atomic E-state index is 13.1. The molecule has 0 aliphatic carbocycles. The zero-order chi connectivity index (χ0) is 24.9. The zero-order valence-electron chi connectivity index (χ0n) is 19.0. The van der Waals surface area contributed by atoms with Gasteiger partial charge in [0.2, 0.25) is 10.0 Å². The summed E-state index contributed by atoms with van der Waals surface area (Å²) < 4.78 is 32.7. The van der Waals surface area contributed by atoms with Crippen molar-refractivity contribution >= 4 is 39.0 Å². The van der Waals surface area contributed by atoms with E-state index in [1.807, 2.05) is 0 Å². The van der Waals surface area contributed by atoms with Gasteiger partial charge in [-0.05, 0) is 36.4 Å². The number of methoxy groups -OCH3 is 1. The molecule has 0 saturated carbocycles. The van der Waals surface area contributed by atoms with Crippen LogP contribution in [-0.4, -0.2) is 44.6 Å². The van der Waals surface area contributed by atoms with E-state index in [0.717, 1.165) is 0 Å². The topological polar surface area (TPSA) is 92.8 Å². The van der Waals surface area contributed by atoms with Gasteiger partial charge in [-0.25, -0.2) is 8.42 Å².